The molecule has 0 saturated carbocycles. The Morgan fingerprint density at radius 2 is 1.72 bits per heavy atom. The minimum atomic E-state index is -0.358. The monoisotopic (exact) mass is 391 g/mol. The molecule has 0 spiro atoms. The Labute approximate surface area is 168 Å². The van der Waals surface area contributed by atoms with Crippen molar-refractivity contribution < 1.29 is 14.3 Å². The minimum absolute atomic E-state index is 0.135. The molecular formula is C21H21N5O3. The zero-order valence-corrected chi connectivity index (χ0v) is 16.1. The van der Waals surface area contributed by atoms with E-state index >= 15 is 0 Å². The van der Waals surface area contributed by atoms with Crippen molar-refractivity contribution in [3.63, 3.8) is 0 Å². The van der Waals surface area contributed by atoms with E-state index in [0.717, 1.165) is 11.4 Å². The number of carbonyl (C=O) groups is 2. The van der Waals surface area contributed by atoms with Crippen LogP contribution in [0.4, 0.5) is 28.8 Å². The van der Waals surface area contributed by atoms with Crippen molar-refractivity contribution in [1.82, 2.24) is 9.97 Å². The lowest BCUT2D eigenvalue weighted by atomic mass is 10.2. The molecule has 0 unspecified atom stereocenters. The lowest BCUT2D eigenvalue weighted by Crippen LogP contribution is -2.06. The zero-order chi connectivity index (χ0) is 20.6. The van der Waals surface area contributed by atoms with Gasteiger partial charge in [-0.25, -0.2) is 9.78 Å². The molecule has 3 N–H and O–H groups in total. The molecule has 0 radical (unpaired) electrons. The van der Waals surface area contributed by atoms with Crippen molar-refractivity contribution in [1.29, 1.82) is 0 Å². The summed E-state index contributed by atoms with van der Waals surface area (Å²) >= 11 is 0. The summed E-state index contributed by atoms with van der Waals surface area (Å²) in [5.74, 6) is 0.496. The van der Waals surface area contributed by atoms with Gasteiger partial charge in [0, 0.05) is 30.2 Å². The van der Waals surface area contributed by atoms with Crippen LogP contribution in [-0.4, -0.2) is 28.5 Å². The maximum atomic E-state index is 11.7. The van der Waals surface area contributed by atoms with Gasteiger partial charge < -0.3 is 20.7 Å². The Hall–Kier alpha value is -3.94. The second kappa shape index (κ2) is 9.32. The first-order chi connectivity index (χ1) is 14.0. The highest BCUT2D eigenvalue weighted by Gasteiger charge is 2.07. The van der Waals surface area contributed by atoms with Crippen molar-refractivity contribution in [3.05, 3.63) is 66.4 Å². The molecule has 1 heterocycles. The highest BCUT2D eigenvalue weighted by molar-refractivity contribution is 5.90. The zero-order valence-electron chi connectivity index (χ0n) is 16.1. The van der Waals surface area contributed by atoms with Gasteiger partial charge in [-0.05, 0) is 55.5 Å². The quantitative estimate of drug-likeness (QED) is 0.521. The molecule has 0 saturated heterocycles. The molecule has 0 bridgehead atoms. The fraction of sp³-hybridized carbons (Fsp3) is 0.143. The average molecular weight is 391 g/mol. The lowest BCUT2D eigenvalue weighted by Gasteiger charge is -2.10. The molecule has 8 heteroatoms. The van der Waals surface area contributed by atoms with Gasteiger partial charge in [-0.15, -0.1) is 0 Å². The SMILES string of the molecule is CCOC(=O)c1ccc(Nc2nccc(Nc3cccc(NC(C)=O)c3)n2)cc1. The maximum absolute atomic E-state index is 11.7. The van der Waals surface area contributed by atoms with Crippen LogP contribution >= 0.6 is 0 Å². The third kappa shape index (κ3) is 5.77. The van der Waals surface area contributed by atoms with E-state index in [0.29, 0.717) is 29.6 Å². The van der Waals surface area contributed by atoms with E-state index in [1.807, 2.05) is 18.2 Å². The smallest absolute Gasteiger partial charge is 0.338 e. The number of esters is 1. The van der Waals surface area contributed by atoms with Gasteiger partial charge in [-0.1, -0.05) is 6.07 Å². The molecule has 0 atom stereocenters. The average Bonchev–Trinajstić information content (AvgIpc) is 2.69. The number of benzene rings is 2. The van der Waals surface area contributed by atoms with E-state index in [-0.39, 0.29) is 11.9 Å². The van der Waals surface area contributed by atoms with Crippen LogP contribution in [0, 0.1) is 0 Å². The van der Waals surface area contributed by atoms with Crippen LogP contribution in [-0.2, 0) is 9.53 Å². The van der Waals surface area contributed by atoms with Gasteiger partial charge in [0.15, 0.2) is 0 Å². The van der Waals surface area contributed by atoms with E-state index in [9.17, 15) is 9.59 Å². The van der Waals surface area contributed by atoms with Crippen LogP contribution in [0.1, 0.15) is 24.2 Å². The Bertz CT molecular complexity index is 1010. The maximum Gasteiger partial charge on any atom is 0.338 e. The van der Waals surface area contributed by atoms with Crippen LogP contribution in [0.25, 0.3) is 0 Å². The van der Waals surface area contributed by atoms with E-state index in [2.05, 4.69) is 25.9 Å². The first-order valence-corrected chi connectivity index (χ1v) is 9.05. The number of anilines is 5. The third-order valence-corrected chi connectivity index (χ3v) is 3.76. The first-order valence-electron chi connectivity index (χ1n) is 9.05. The number of hydrogen-bond donors (Lipinski definition) is 3. The summed E-state index contributed by atoms with van der Waals surface area (Å²) in [6.45, 7) is 3.56. The van der Waals surface area contributed by atoms with E-state index in [1.165, 1.54) is 6.92 Å². The number of nitrogens with one attached hydrogen (secondary N) is 3. The normalized spacial score (nSPS) is 10.1. The van der Waals surface area contributed by atoms with Gasteiger partial charge >= 0.3 is 5.97 Å². The van der Waals surface area contributed by atoms with Crippen LogP contribution < -0.4 is 16.0 Å². The van der Waals surface area contributed by atoms with Gasteiger partial charge in [-0.3, -0.25) is 4.79 Å². The summed E-state index contributed by atoms with van der Waals surface area (Å²) < 4.78 is 4.97. The largest absolute Gasteiger partial charge is 0.462 e. The highest BCUT2D eigenvalue weighted by Crippen LogP contribution is 2.20. The van der Waals surface area contributed by atoms with Crippen molar-refractivity contribution in [3.8, 4) is 0 Å². The van der Waals surface area contributed by atoms with E-state index in [1.54, 1.807) is 49.5 Å². The number of ether oxygens (including phenoxy) is 1. The van der Waals surface area contributed by atoms with Gasteiger partial charge in [0.1, 0.15) is 5.82 Å². The second-order valence-electron chi connectivity index (χ2n) is 6.08. The topological polar surface area (TPSA) is 105 Å². The summed E-state index contributed by atoms with van der Waals surface area (Å²) in [6, 6.07) is 15.9. The molecule has 0 fully saturated rings. The summed E-state index contributed by atoms with van der Waals surface area (Å²) in [5.41, 5.74) is 2.69. The molecular weight excluding hydrogens is 370 g/mol. The fourth-order valence-electron chi connectivity index (χ4n) is 2.55. The van der Waals surface area contributed by atoms with Crippen LogP contribution in [0.3, 0.4) is 0 Å². The Morgan fingerprint density at radius 1 is 0.966 bits per heavy atom. The fourth-order valence-corrected chi connectivity index (χ4v) is 2.55. The van der Waals surface area contributed by atoms with E-state index < -0.39 is 0 Å². The summed E-state index contributed by atoms with van der Waals surface area (Å²) in [4.78, 5) is 31.6. The molecule has 1 amide bonds. The Balaban J connectivity index is 1.68. The first kappa shape index (κ1) is 19.8. The van der Waals surface area contributed by atoms with E-state index in [4.69, 9.17) is 4.74 Å². The van der Waals surface area contributed by atoms with Crippen molar-refractivity contribution in [2.24, 2.45) is 0 Å². The second-order valence-corrected chi connectivity index (χ2v) is 6.08. The molecule has 3 aromatic rings. The summed E-state index contributed by atoms with van der Waals surface area (Å²) in [6.07, 6.45) is 1.63. The molecule has 3 rings (SSSR count). The van der Waals surface area contributed by atoms with Crippen LogP contribution in [0.15, 0.2) is 60.8 Å². The number of carbonyl (C=O) groups excluding carboxylic acids is 2. The number of nitrogens with zero attached hydrogens (tertiary/aromatic N) is 2. The molecule has 2 aromatic carbocycles. The predicted octanol–water partition coefficient (Wildman–Crippen LogP) is 4.10. The number of rotatable bonds is 7. The minimum Gasteiger partial charge on any atom is -0.462 e. The van der Waals surface area contributed by atoms with Crippen LogP contribution in [0.2, 0.25) is 0 Å². The molecule has 0 aliphatic carbocycles. The summed E-state index contributed by atoms with van der Waals surface area (Å²) in [7, 11) is 0. The van der Waals surface area contributed by atoms with Crippen LogP contribution in [0.5, 0.6) is 0 Å². The lowest BCUT2D eigenvalue weighted by molar-refractivity contribution is -0.114. The molecule has 8 nitrogen and oxygen atoms in total. The number of hydrogen-bond acceptors (Lipinski definition) is 7. The predicted molar refractivity (Wildman–Crippen MR) is 112 cm³/mol. The van der Waals surface area contributed by atoms with Crippen molar-refractivity contribution in [2.45, 2.75) is 13.8 Å². The summed E-state index contributed by atoms with van der Waals surface area (Å²) in [5, 5.41) is 9.01. The number of aromatic nitrogens is 2. The van der Waals surface area contributed by atoms with Crippen molar-refractivity contribution in [2.75, 3.05) is 22.6 Å². The Morgan fingerprint density at radius 3 is 2.45 bits per heavy atom. The molecule has 1 aromatic heterocycles. The molecule has 0 aliphatic rings. The molecule has 29 heavy (non-hydrogen) atoms. The molecule has 0 aliphatic heterocycles. The number of amides is 1. The standard InChI is InChI=1S/C21H21N5O3/c1-3-29-20(28)15-7-9-16(10-8-15)25-21-22-12-11-19(26-21)24-18-6-4-5-17(13-18)23-14(2)27/h4-13H,3H2,1-2H3,(H,23,27)(H2,22,24,25,26). The molecule has 148 valence electrons. The van der Waals surface area contributed by atoms with Gasteiger partial charge in [0.2, 0.25) is 11.9 Å². The Kier molecular flexibility index (Phi) is 6.36. The third-order valence-electron chi connectivity index (χ3n) is 3.76. The van der Waals surface area contributed by atoms with Crippen molar-refractivity contribution >= 4 is 40.7 Å². The van der Waals surface area contributed by atoms with Gasteiger partial charge in [0.05, 0.1) is 12.2 Å². The highest BCUT2D eigenvalue weighted by atomic mass is 16.5. The van der Waals surface area contributed by atoms with Gasteiger partial charge in [0.25, 0.3) is 0 Å². The van der Waals surface area contributed by atoms with Gasteiger partial charge in [-0.2, -0.15) is 4.98 Å².